The number of nitrogens with zero attached hydrogens (tertiary/aromatic N) is 1. The number of benzene rings is 2. The van der Waals surface area contributed by atoms with Crippen LogP contribution in [0.2, 0.25) is 0 Å². The number of esters is 1. The molecule has 2 aromatic carbocycles. The van der Waals surface area contributed by atoms with Crippen molar-refractivity contribution in [2.24, 2.45) is 0 Å². The number of carbonyl (C=O) groups excluding carboxylic acids is 1. The van der Waals surface area contributed by atoms with Gasteiger partial charge in [0.15, 0.2) is 0 Å². The van der Waals surface area contributed by atoms with Gasteiger partial charge in [0.1, 0.15) is 18.1 Å². The van der Waals surface area contributed by atoms with Crippen molar-refractivity contribution < 1.29 is 14.3 Å². The predicted molar refractivity (Wildman–Crippen MR) is 101 cm³/mol. The largest absolute Gasteiger partial charge is 0.487 e. The zero-order valence-corrected chi connectivity index (χ0v) is 15.2. The molecule has 0 spiro atoms. The number of hydrogen-bond acceptors (Lipinski definition) is 4. The summed E-state index contributed by atoms with van der Waals surface area (Å²) < 4.78 is 10.4. The lowest BCUT2D eigenvalue weighted by Gasteiger charge is -2.12. The Labute approximate surface area is 153 Å². The first kappa shape index (κ1) is 17.7. The molecule has 26 heavy (non-hydrogen) atoms. The van der Waals surface area contributed by atoms with E-state index >= 15 is 0 Å². The monoisotopic (exact) mass is 347 g/mol. The second-order valence-corrected chi connectivity index (χ2v) is 6.13. The lowest BCUT2D eigenvalue weighted by Crippen LogP contribution is -2.04. The lowest BCUT2D eigenvalue weighted by molar-refractivity contribution is 0.0594. The van der Waals surface area contributed by atoms with E-state index in [2.05, 4.69) is 53.9 Å². The second-order valence-electron chi connectivity index (χ2n) is 6.13. The van der Waals surface area contributed by atoms with Gasteiger partial charge in [0.05, 0.1) is 13.3 Å². The quantitative estimate of drug-likeness (QED) is 0.626. The highest BCUT2D eigenvalue weighted by Gasteiger charge is 2.08. The Bertz CT molecular complexity index is 897. The Morgan fingerprint density at radius 1 is 1.00 bits per heavy atom. The molecule has 0 aliphatic carbocycles. The van der Waals surface area contributed by atoms with Crippen LogP contribution in [0.15, 0.2) is 60.8 Å². The smallest absolute Gasteiger partial charge is 0.356 e. The predicted octanol–water partition coefficient (Wildman–Crippen LogP) is 4.73. The third-order valence-corrected chi connectivity index (χ3v) is 4.23. The Hall–Kier alpha value is -3.14. The molecular weight excluding hydrogens is 326 g/mol. The molecule has 4 heteroatoms. The summed E-state index contributed by atoms with van der Waals surface area (Å²) >= 11 is 0. The molecule has 0 fully saturated rings. The summed E-state index contributed by atoms with van der Waals surface area (Å²) in [4.78, 5) is 15.5. The molecule has 0 aliphatic heterocycles. The SMILES string of the molecule is COC(=O)c1ccc(OCc2cccc(-c3c(C)cccc3C)c2)cn1. The molecule has 0 aliphatic rings. The van der Waals surface area contributed by atoms with Gasteiger partial charge in [-0.25, -0.2) is 9.78 Å². The summed E-state index contributed by atoms with van der Waals surface area (Å²) in [6.45, 7) is 4.68. The summed E-state index contributed by atoms with van der Waals surface area (Å²) in [7, 11) is 1.33. The van der Waals surface area contributed by atoms with Crippen LogP contribution in [0.5, 0.6) is 5.75 Å². The van der Waals surface area contributed by atoms with Crippen molar-refractivity contribution in [1.29, 1.82) is 0 Å². The van der Waals surface area contributed by atoms with Crippen molar-refractivity contribution >= 4 is 5.97 Å². The van der Waals surface area contributed by atoms with Gasteiger partial charge in [-0.1, -0.05) is 36.4 Å². The van der Waals surface area contributed by atoms with Crippen molar-refractivity contribution in [2.75, 3.05) is 7.11 Å². The molecule has 0 saturated heterocycles. The van der Waals surface area contributed by atoms with Gasteiger partial charge < -0.3 is 9.47 Å². The topological polar surface area (TPSA) is 48.4 Å². The second kappa shape index (κ2) is 7.83. The van der Waals surface area contributed by atoms with E-state index in [1.165, 1.54) is 35.6 Å². The van der Waals surface area contributed by atoms with Crippen molar-refractivity contribution in [2.45, 2.75) is 20.5 Å². The standard InChI is InChI=1S/C22H21NO3/c1-15-6-4-7-16(2)21(15)18-9-5-8-17(12-18)14-26-19-10-11-20(23-13-19)22(24)25-3/h4-13H,14H2,1-3H3. The van der Waals surface area contributed by atoms with E-state index in [9.17, 15) is 4.79 Å². The number of rotatable bonds is 5. The fraction of sp³-hybridized carbons (Fsp3) is 0.182. The van der Waals surface area contributed by atoms with Crippen LogP contribution < -0.4 is 4.74 Å². The number of ether oxygens (including phenoxy) is 2. The summed E-state index contributed by atoms with van der Waals surface area (Å²) in [5, 5.41) is 0. The van der Waals surface area contributed by atoms with E-state index in [1.807, 2.05) is 12.1 Å². The van der Waals surface area contributed by atoms with Crippen molar-refractivity contribution in [3.8, 4) is 16.9 Å². The first-order chi connectivity index (χ1) is 12.6. The van der Waals surface area contributed by atoms with Crippen molar-refractivity contribution in [1.82, 2.24) is 4.98 Å². The van der Waals surface area contributed by atoms with Crippen LogP contribution in [-0.4, -0.2) is 18.1 Å². The average molecular weight is 347 g/mol. The highest BCUT2D eigenvalue weighted by Crippen LogP contribution is 2.28. The third-order valence-electron chi connectivity index (χ3n) is 4.23. The molecule has 1 heterocycles. The van der Waals surface area contributed by atoms with E-state index in [-0.39, 0.29) is 5.69 Å². The Morgan fingerprint density at radius 3 is 2.38 bits per heavy atom. The van der Waals surface area contributed by atoms with E-state index in [1.54, 1.807) is 12.1 Å². The summed E-state index contributed by atoms with van der Waals surface area (Å²) in [5.41, 5.74) is 6.29. The van der Waals surface area contributed by atoms with E-state index in [4.69, 9.17) is 4.74 Å². The van der Waals surface area contributed by atoms with Crippen molar-refractivity contribution in [3.63, 3.8) is 0 Å². The number of aryl methyl sites for hydroxylation is 2. The molecule has 0 N–H and O–H groups in total. The maximum absolute atomic E-state index is 11.4. The molecule has 1 aromatic heterocycles. The average Bonchev–Trinajstić information content (AvgIpc) is 2.66. The van der Waals surface area contributed by atoms with Crippen LogP contribution in [0.25, 0.3) is 11.1 Å². The first-order valence-corrected chi connectivity index (χ1v) is 8.41. The van der Waals surface area contributed by atoms with Crippen molar-refractivity contribution in [3.05, 3.63) is 83.2 Å². The van der Waals surface area contributed by atoms with Gasteiger partial charge in [-0.3, -0.25) is 0 Å². The maximum atomic E-state index is 11.4. The normalized spacial score (nSPS) is 10.4. The molecule has 0 radical (unpaired) electrons. The highest BCUT2D eigenvalue weighted by molar-refractivity contribution is 5.87. The number of hydrogen-bond donors (Lipinski definition) is 0. The molecule has 132 valence electrons. The Kier molecular flexibility index (Phi) is 5.32. The number of methoxy groups -OCH3 is 1. The Balaban J connectivity index is 1.74. The van der Waals surface area contributed by atoms with E-state index < -0.39 is 5.97 Å². The molecule has 0 saturated carbocycles. The van der Waals surface area contributed by atoms with E-state index in [0.29, 0.717) is 12.4 Å². The minimum Gasteiger partial charge on any atom is -0.487 e. The summed E-state index contributed by atoms with van der Waals surface area (Å²) in [5.74, 6) is 0.146. The molecule has 3 rings (SSSR count). The van der Waals surface area contributed by atoms with Crippen LogP contribution in [0.3, 0.4) is 0 Å². The van der Waals surface area contributed by atoms with Gasteiger partial charge in [-0.2, -0.15) is 0 Å². The van der Waals surface area contributed by atoms with Gasteiger partial charge in [0, 0.05) is 0 Å². The first-order valence-electron chi connectivity index (χ1n) is 8.41. The van der Waals surface area contributed by atoms with Crippen LogP contribution >= 0.6 is 0 Å². The van der Waals surface area contributed by atoms with Gasteiger partial charge >= 0.3 is 5.97 Å². The zero-order valence-electron chi connectivity index (χ0n) is 15.2. The summed E-state index contributed by atoms with van der Waals surface area (Å²) in [6, 6.07) is 18.0. The number of carbonyl (C=O) groups is 1. The minimum absolute atomic E-state index is 0.261. The maximum Gasteiger partial charge on any atom is 0.356 e. The van der Waals surface area contributed by atoms with Gasteiger partial charge in [-0.15, -0.1) is 0 Å². The Morgan fingerprint density at radius 2 is 1.73 bits per heavy atom. The molecule has 0 bridgehead atoms. The number of aromatic nitrogens is 1. The van der Waals surface area contributed by atoms with Gasteiger partial charge in [-0.05, 0) is 59.9 Å². The zero-order chi connectivity index (χ0) is 18.5. The molecule has 3 aromatic rings. The van der Waals surface area contributed by atoms with Gasteiger partial charge in [0.25, 0.3) is 0 Å². The fourth-order valence-electron chi connectivity index (χ4n) is 2.94. The van der Waals surface area contributed by atoms with Gasteiger partial charge in [0.2, 0.25) is 0 Å². The van der Waals surface area contributed by atoms with E-state index in [0.717, 1.165) is 5.56 Å². The number of pyridine rings is 1. The van der Waals surface area contributed by atoms with Crippen LogP contribution in [0, 0.1) is 13.8 Å². The summed E-state index contributed by atoms with van der Waals surface area (Å²) in [6.07, 6.45) is 1.53. The molecule has 0 unspecified atom stereocenters. The lowest BCUT2D eigenvalue weighted by atomic mass is 9.95. The molecule has 0 amide bonds. The molecular formula is C22H21NO3. The van der Waals surface area contributed by atoms with Crippen LogP contribution in [0.1, 0.15) is 27.2 Å². The van der Waals surface area contributed by atoms with Crippen LogP contribution in [-0.2, 0) is 11.3 Å². The third kappa shape index (κ3) is 3.91. The minimum atomic E-state index is -0.460. The highest BCUT2D eigenvalue weighted by atomic mass is 16.5. The fourth-order valence-corrected chi connectivity index (χ4v) is 2.94. The molecule has 0 atom stereocenters. The molecule has 4 nitrogen and oxygen atoms in total. The van der Waals surface area contributed by atoms with Crippen LogP contribution in [0.4, 0.5) is 0 Å².